The van der Waals surface area contributed by atoms with Crippen molar-refractivity contribution in [3.05, 3.63) is 88.5 Å². The van der Waals surface area contributed by atoms with E-state index >= 15 is 0 Å². The number of esters is 1. The standard InChI is InChI=1S/C36H47F3N4O2.3ClH/c1-6-43-34(20-29(40-43)16-24-10-11-32(38)33(39)17-24)25-12-14-42(15-13-25)22-27-19-30(45-35(44)23-41(5)36(2,3)4)21-31(27)26-8-7-9-28(37)18-26;;;/h7-11,17-18,20,25,27,30-31H,6,12-16,19,21-23H2,1-5H3;3*1H/t27-,30+,31-;;;/m1.../s1. The van der Waals surface area contributed by atoms with Crippen molar-refractivity contribution in [3.8, 4) is 0 Å². The molecule has 1 saturated heterocycles. The van der Waals surface area contributed by atoms with Gasteiger partial charge in [0.05, 0.1) is 12.2 Å². The third-order valence-electron chi connectivity index (χ3n) is 9.77. The van der Waals surface area contributed by atoms with Crippen LogP contribution in [-0.2, 0) is 22.5 Å². The number of aryl methyl sites for hydroxylation is 1. The molecule has 1 aliphatic carbocycles. The zero-order valence-electron chi connectivity index (χ0n) is 28.5. The molecule has 2 aliphatic rings. The lowest BCUT2D eigenvalue weighted by atomic mass is 9.87. The maximum atomic E-state index is 14.3. The Balaban J connectivity index is 0.00000267. The largest absolute Gasteiger partial charge is 0.461 e. The maximum absolute atomic E-state index is 14.3. The number of halogens is 6. The number of piperidine rings is 1. The molecule has 3 aromatic rings. The first-order valence-corrected chi connectivity index (χ1v) is 16.3. The minimum Gasteiger partial charge on any atom is -0.461 e. The van der Waals surface area contributed by atoms with E-state index in [0.29, 0.717) is 24.3 Å². The van der Waals surface area contributed by atoms with Crippen molar-refractivity contribution in [1.29, 1.82) is 0 Å². The van der Waals surface area contributed by atoms with E-state index in [2.05, 4.69) is 38.7 Å². The molecule has 0 bridgehead atoms. The molecular weight excluding hydrogens is 684 g/mol. The zero-order chi connectivity index (χ0) is 32.3. The number of likely N-dealkylation sites (N-methyl/N-ethyl adjacent to an activating group) is 1. The molecular formula is C36H50Cl3F3N4O2. The highest BCUT2D eigenvalue weighted by atomic mass is 35.5. The molecule has 12 heteroatoms. The lowest BCUT2D eigenvalue weighted by Crippen LogP contribution is -2.42. The predicted octanol–water partition coefficient (Wildman–Crippen LogP) is 8.19. The summed E-state index contributed by atoms with van der Waals surface area (Å²) in [6.45, 7) is 12.0. The number of hydrogen-bond donors (Lipinski definition) is 0. The van der Waals surface area contributed by atoms with Gasteiger partial charge in [0, 0.05) is 36.7 Å². The van der Waals surface area contributed by atoms with Crippen molar-refractivity contribution in [1.82, 2.24) is 19.6 Å². The van der Waals surface area contributed by atoms with E-state index in [4.69, 9.17) is 9.84 Å². The Morgan fingerprint density at radius 1 is 0.979 bits per heavy atom. The summed E-state index contributed by atoms with van der Waals surface area (Å²) in [5.41, 5.74) is 3.59. The number of benzene rings is 2. The Morgan fingerprint density at radius 2 is 1.69 bits per heavy atom. The van der Waals surface area contributed by atoms with Crippen LogP contribution < -0.4 is 0 Å². The van der Waals surface area contributed by atoms with Gasteiger partial charge in [-0.25, -0.2) is 13.2 Å². The van der Waals surface area contributed by atoms with Crippen LogP contribution in [0.5, 0.6) is 0 Å². The van der Waals surface area contributed by atoms with Gasteiger partial charge >= 0.3 is 5.97 Å². The molecule has 2 heterocycles. The van der Waals surface area contributed by atoms with E-state index in [0.717, 1.165) is 56.7 Å². The number of nitrogens with zero attached hydrogens (tertiary/aromatic N) is 4. The van der Waals surface area contributed by atoms with Crippen LogP contribution in [0.2, 0.25) is 0 Å². The third kappa shape index (κ3) is 10.6. The van der Waals surface area contributed by atoms with Gasteiger partial charge in [-0.2, -0.15) is 5.10 Å². The van der Waals surface area contributed by atoms with Gasteiger partial charge in [-0.3, -0.25) is 14.4 Å². The summed E-state index contributed by atoms with van der Waals surface area (Å²) in [5, 5.41) is 4.78. The number of ether oxygens (including phenoxy) is 1. The fourth-order valence-corrected chi connectivity index (χ4v) is 6.93. The van der Waals surface area contributed by atoms with Gasteiger partial charge in [-0.1, -0.05) is 18.2 Å². The summed E-state index contributed by atoms with van der Waals surface area (Å²) >= 11 is 0. The Labute approximate surface area is 302 Å². The van der Waals surface area contributed by atoms with E-state index in [-0.39, 0.29) is 79.0 Å². The highest BCUT2D eigenvalue weighted by molar-refractivity contribution is 5.86. The van der Waals surface area contributed by atoms with E-state index in [1.807, 2.05) is 22.7 Å². The quantitative estimate of drug-likeness (QED) is 0.197. The van der Waals surface area contributed by atoms with Gasteiger partial charge in [0.1, 0.15) is 11.9 Å². The van der Waals surface area contributed by atoms with E-state index in [1.54, 1.807) is 18.2 Å². The fraction of sp³-hybridized carbons (Fsp3) is 0.556. The highest BCUT2D eigenvalue weighted by Gasteiger charge is 2.39. The molecule has 0 amide bonds. The van der Waals surface area contributed by atoms with Crippen molar-refractivity contribution in [2.24, 2.45) is 5.92 Å². The van der Waals surface area contributed by atoms with Crippen molar-refractivity contribution in [2.75, 3.05) is 33.2 Å². The molecule has 5 rings (SSSR count). The number of aromatic nitrogens is 2. The Kier molecular flexibility index (Phi) is 15.8. The van der Waals surface area contributed by atoms with Crippen LogP contribution in [0.1, 0.15) is 87.7 Å². The van der Waals surface area contributed by atoms with Crippen LogP contribution in [0.25, 0.3) is 0 Å². The highest BCUT2D eigenvalue weighted by Crippen LogP contribution is 2.42. The number of carbonyl (C=O) groups is 1. The van der Waals surface area contributed by atoms with Gasteiger partial charge < -0.3 is 9.64 Å². The Hall–Kier alpha value is -2.30. The average Bonchev–Trinajstić information content (AvgIpc) is 3.58. The van der Waals surface area contributed by atoms with Crippen LogP contribution in [0, 0.1) is 23.4 Å². The fourth-order valence-electron chi connectivity index (χ4n) is 6.93. The predicted molar refractivity (Wildman–Crippen MR) is 191 cm³/mol. The van der Waals surface area contributed by atoms with Gasteiger partial charge in [0.25, 0.3) is 0 Å². The van der Waals surface area contributed by atoms with Crippen LogP contribution >= 0.6 is 37.2 Å². The molecule has 0 radical (unpaired) electrons. The molecule has 1 aliphatic heterocycles. The molecule has 1 aromatic heterocycles. The summed E-state index contributed by atoms with van der Waals surface area (Å²) in [7, 11) is 1.93. The molecule has 48 heavy (non-hydrogen) atoms. The number of hydrogen-bond acceptors (Lipinski definition) is 5. The van der Waals surface area contributed by atoms with Gasteiger partial charge in [-0.05, 0) is 127 Å². The minimum absolute atomic E-state index is 0. The van der Waals surface area contributed by atoms with Crippen LogP contribution in [0.15, 0.2) is 48.5 Å². The van der Waals surface area contributed by atoms with E-state index in [1.165, 1.54) is 23.9 Å². The summed E-state index contributed by atoms with van der Waals surface area (Å²) in [6, 6.07) is 13.0. The topological polar surface area (TPSA) is 50.6 Å². The Bertz CT molecular complexity index is 1480. The minimum atomic E-state index is -0.842. The number of carbonyl (C=O) groups excluding carboxylic acids is 1. The maximum Gasteiger partial charge on any atom is 0.320 e. The normalized spacial score (nSPS) is 20.1. The summed E-state index contributed by atoms with van der Waals surface area (Å²) in [5.74, 6) is -1.39. The molecule has 1 saturated carbocycles. The number of likely N-dealkylation sites (tertiary alicyclic amines) is 1. The first-order valence-electron chi connectivity index (χ1n) is 16.3. The second kappa shape index (κ2) is 18.1. The third-order valence-corrected chi connectivity index (χ3v) is 9.77. The van der Waals surface area contributed by atoms with Gasteiger partial charge in [0.2, 0.25) is 0 Å². The second-order valence-corrected chi connectivity index (χ2v) is 13.9. The van der Waals surface area contributed by atoms with Crippen LogP contribution in [0.4, 0.5) is 13.2 Å². The summed E-state index contributed by atoms with van der Waals surface area (Å²) in [4.78, 5) is 17.3. The summed E-state index contributed by atoms with van der Waals surface area (Å²) in [6.07, 6.45) is 3.72. The first kappa shape index (κ1) is 41.9. The van der Waals surface area contributed by atoms with E-state index < -0.39 is 11.6 Å². The van der Waals surface area contributed by atoms with E-state index in [9.17, 15) is 18.0 Å². The molecule has 2 fully saturated rings. The average molecular weight is 734 g/mol. The van der Waals surface area contributed by atoms with Crippen LogP contribution in [-0.4, -0.2) is 70.4 Å². The summed E-state index contributed by atoms with van der Waals surface area (Å²) < 4.78 is 49.4. The molecule has 3 atom stereocenters. The molecule has 0 N–H and O–H groups in total. The van der Waals surface area contributed by atoms with Crippen molar-refractivity contribution in [2.45, 2.75) is 89.8 Å². The molecule has 0 unspecified atom stereocenters. The zero-order valence-corrected chi connectivity index (χ0v) is 30.9. The lowest BCUT2D eigenvalue weighted by molar-refractivity contribution is -0.151. The SMILES string of the molecule is CCn1nc(Cc2ccc(F)c(F)c2)cc1C1CCN(C[C@H]2C[C@H](OC(=O)CN(C)C(C)(C)C)C[C@@H]2c2cccc(F)c2)CC1.Cl.Cl.Cl. The lowest BCUT2D eigenvalue weighted by Gasteiger charge is -2.35. The Morgan fingerprint density at radius 3 is 2.31 bits per heavy atom. The van der Waals surface area contributed by atoms with Crippen LogP contribution in [0.3, 0.4) is 0 Å². The molecule has 0 spiro atoms. The van der Waals surface area contributed by atoms with Crippen molar-refractivity contribution >= 4 is 43.2 Å². The molecule has 268 valence electrons. The van der Waals surface area contributed by atoms with Gasteiger partial charge in [0.15, 0.2) is 11.6 Å². The molecule has 2 aromatic carbocycles. The monoisotopic (exact) mass is 732 g/mol. The second-order valence-electron chi connectivity index (χ2n) is 13.9. The number of rotatable bonds is 10. The first-order chi connectivity index (χ1) is 21.4. The van der Waals surface area contributed by atoms with Gasteiger partial charge in [-0.15, -0.1) is 37.2 Å². The molecule has 6 nitrogen and oxygen atoms in total. The smallest absolute Gasteiger partial charge is 0.320 e. The van der Waals surface area contributed by atoms with Crippen molar-refractivity contribution in [3.63, 3.8) is 0 Å². The van der Waals surface area contributed by atoms with Crippen molar-refractivity contribution < 1.29 is 22.7 Å².